The van der Waals surface area contributed by atoms with Gasteiger partial charge >= 0.3 is 5.97 Å². The lowest BCUT2D eigenvalue weighted by molar-refractivity contribution is -0.141. The molecule has 0 aromatic heterocycles. The first-order valence-corrected chi connectivity index (χ1v) is 8.09. The van der Waals surface area contributed by atoms with Crippen molar-refractivity contribution in [2.24, 2.45) is 17.8 Å². The van der Waals surface area contributed by atoms with E-state index >= 15 is 0 Å². The molecule has 4 heteroatoms. The van der Waals surface area contributed by atoms with Crippen LogP contribution in [0.15, 0.2) is 0 Å². The van der Waals surface area contributed by atoms with Gasteiger partial charge < -0.3 is 10.4 Å². The molecule has 2 fully saturated rings. The van der Waals surface area contributed by atoms with Gasteiger partial charge in [-0.05, 0) is 31.6 Å². The lowest BCUT2D eigenvalue weighted by atomic mass is 9.83. The number of aliphatic carboxylic acids is 1. The van der Waals surface area contributed by atoms with Gasteiger partial charge in [-0.1, -0.05) is 39.0 Å². The third-order valence-electron chi connectivity index (χ3n) is 4.99. The summed E-state index contributed by atoms with van der Waals surface area (Å²) in [5, 5.41) is 12.0. The van der Waals surface area contributed by atoms with Crippen LogP contribution >= 0.6 is 0 Å². The highest BCUT2D eigenvalue weighted by Crippen LogP contribution is 2.30. The molecule has 114 valence electrons. The van der Waals surface area contributed by atoms with E-state index in [1.165, 1.54) is 32.1 Å². The van der Waals surface area contributed by atoms with Crippen LogP contribution in [0.1, 0.15) is 64.7 Å². The molecule has 0 bridgehead atoms. The Balaban J connectivity index is 1.72. The van der Waals surface area contributed by atoms with Crippen molar-refractivity contribution in [2.75, 3.05) is 0 Å². The van der Waals surface area contributed by atoms with E-state index in [4.69, 9.17) is 5.11 Å². The number of hydrogen-bond donors (Lipinski definition) is 2. The summed E-state index contributed by atoms with van der Waals surface area (Å²) in [6.45, 7) is 2.01. The van der Waals surface area contributed by atoms with Gasteiger partial charge in [-0.3, -0.25) is 9.59 Å². The molecule has 1 unspecified atom stereocenters. The van der Waals surface area contributed by atoms with Crippen LogP contribution in [0.2, 0.25) is 0 Å². The Kier molecular flexibility index (Phi) is 5.44. The van der Waals surface area contributed by atoms with Gasteiger partial charge in [0.05, 0.1) is 5.92 Å². The first kappa shape index (κ1) is 15.3. The van der Waals surface area contributed by atoms with Gasteiger partial charge in [-0.15, -0.1) is 0 Å². The molecule has 2 saturated carbocycles. The predicted molar refractivity (Wildman–Crippen MR) is 77.3 cm³/mol. The third-order valence-corrected chi connectivity index (χ3v) is 4.99. The first-order valence-electron chi connectivity index (χ1n) is 8.09. The second-order valence-corrected chi connectivity index (χ2v) is 6.69. The standard InChI is InChI=1S/C16H27NO3/c1-11(9-12-5-3-2-4-6-12)15(18)17-14-8-7-13(10-14)16(19)20/h11-14H,2-10H2,1H3,(H,17,18)(H,19,20)/t11?,13-,14+/m0/s1. The summed E-state index contributed by atoms with van der Waals surface area (Å²) in [4.78, 5) is 23.1. The van der Waals surface area contributed by atoms with E-state index in [9.17, 15) is 9.59 Å². The normalized spacial score (nSPS) is 29.1. The molecule has 2 aliphatic carbocycles. The second kappa shape index (κ2) is 7.09. The molecule has 2 N–H and O–H groups in total. The number of carbonyl (C=O) groups is 2. The fraction of sp³-hybridized carbons (Fsp3) is 0.875. The molecule has 0 spiro atoms. The summed E-state index contributed by atoms with van der Waals surface area (Å²) in [5.41, 5.74) is 0. The number of nitrogens with one attached hydrogen (secondary N) is 1. The lowest BCUT2D eigenvalue weighted by Gasteiger charge is -2.25. The molecule has 0 saturated heterocycles. The van der Waals surface area contributed by atoms with Crippen molar-refractivity contribution >= 4 is 11.9 Å². The minimum Gasteiger partial charge on any atom is -0.481 e. The number of carboxylic acid groups (broad SMARTS) is 1. The van der Waals surface area contributed by atoms with Crippen LogP contribution in [0.3, 0.4) is 0 Å². The maximum Gasteiger partial charge on any atom is 0.306 e. The number of amides is 1. The Morgan fingerprint density at radius 2 is 1.85 bits per heavy atom. The van der Waals surface area contributed by atoms with E-state index in [1.807, 2.05) is 6.92 Å². The highest BCUT2D eigenvalue weighted by atomic mass is 16.4. The zero-order chi connectivity index (χ0) is 14.5. The average molecular weight is 281 g/mol. The van der Waals surface area contributed by atoms with Gasteiger partial charge in [0.1, 0.15) is 0 Å². The molecular formula is C16H27NO3. The fourth-order valence-electron chi connectivity index (χ4n) is 3.71. The highest BCUT2D eigenvalue weighted by Gasteiger charge is 2.31. The van der Waals surface area contributed by atoms with Gasteiger partial charge in [0.25, 0.3) is 0 Å². The fourth-order valence-corrected chi connectivity index (χ4v) is 3.71. The number of carboxylic acids is 1. The topological polar surface area (TPSA) is 66.4 Å². The van der Waals surface area contributed by atoms with E-state index in [1.54, 1.807) is 0 Å². The van der Waals surface area contributed by atoms with Crippen LogP contribution in [-0.2, 0) is 9.59 Å². The minimum atomic E-state index is -0.725. The van der Waals surface area contributed by atoms with Crippen molar-refractivity contribution < 1.29 is 14.7 Å². The van der Waals surface area contributed by atoms with Crippen LogP contribution < -0.4 is 5.32 Å². The Bertz CT molecular complexity index is 350. The van der Waals surface area contributed by atoms with E-state index < -0.39 is 5.97 Å². The Morgan fingerprint density at radius 1 is 1.15 bits per heavy atom. The maximum absolute atomic E-state index is 12.2. The van der Waals surface area contributed by atoms with E-state index in [-0.39, 0.29) is 23.8 Å². The summed E-state index contributed by atoms with van der Waals surface area (Å²) < 4.78 is 0. The van der Waals surface area contributed by atoms with E-state index in [2.05, 4.69) is 5.32 Å². The molecular weight excluding hydrogens is 254 g/mol. The largest absolute Gasteiger partial charge is 0.481 e. The van der Waals surface area contributed by atoms with Crippen molar-refractivity contribution in [1.29, 1.82) is 0 Å². The van der Waals surface area contributed by atoms with Crippen LogP contribution in [0, 0.1) is 17.8 Å². The molecule has 0 heterocycles. The molecule has 2 rings (SSSR count). The van der Waals surface area contributed by atoms with Crippen LogP contribution in [0.4, 0.5) is 0 Å². The van der Waals surface area contributed by atoms with Gasteiger partial charge in [0.15, 0.2) is 0 Å². The maximum atomic E-state index is 12.2. The molecule has 0 aromatic carbocycles. The molecule has 0 aromatic rings. The summed E-state index contributed by atoms with van der Waals surface area (Å²) >= 11 is 0. The van der Waals surface area contributed by atoms with Crippen molar-refractivity contribution in [1.82, 2.24) is 5.32 Å². The molecule has 0 radical (unpaired) electrons. The molecule has 0 aliphatic heterocycles. The molecule has 20 heavy (non-hydrogen) atoms. The SMILES string of the molecule is CC(CC1CCCCC1)C(=O)N[C@@H]1CC[C@H](C(=O)O)C1. The quantitative estimate of drug-likeness (QED) is 0.814. The minimum absolute atomic E-state index is 0.0574. The van der Waals surface area contributed by atoms with Crippen LogP contribution in [0.25, 0.3) is 0 Å². The molecule has 1 amide bonds. The average Bonchev–Trinajstić information content (AvgIpc) is 2.88. The summed E-state index contributed by atoms with van der Waals surface area (Å²) in [6.07, 6.45) is 9.57. The zero-order valence-electron chi connectivity index (χ0n) is 12.4. The summed E-state index contributed by atoms with van der Waals surface area (Å²) in [7, 11) is 0. The molecule has 3 atom stereocenters. The molecule has 4 nitrogen and oxygen atoms in total. The second-order valence-electron chi connectivity index (χ2n) is 6.69. The number of rotatable bonds is 5. The van der Waals surface area contributed by atoms with Crippen molar-refractivity contribution in [3.8, 4) is 0 Å². The molecule has 2 aliphatic rings. The van der Waals surface area contributed by atoms with Gasteiger partial charge in [0, 0.05) is 12.0 Å². The predicted octanol–water partition coefficient (Wildman–Crippen LogP) is 2.96. The Hall–Kier alpha value is -1.06. The van der Waals surface area contributed by atoms with Crippen LogP contribution in [-0.4, -0.2) is 23.0 Å². The third kappa shape index (κ3) is 4.22. The van der Waals surface area contributed by atoms with Crippen molar-refractivity contribution in [3.63, 3.8) is 0 Å². The number of hydrogen-bond acceptors (Lipinski definition) is 2. The first-order chi connectivity index (χ1) is 9.56. The van der Waals surface area contributed by atoms with E-state index in [0.29, 0.717) is 18.8 Å². The van der Waals surface area contributed by atoms with Crippen molar-refractivity contribution in [3.05, 3.63) is 0 Å². The Labute approximate surface area is 121 Å². The van der Waals surface area contributed by atoms with Crippen LogP contribution in [0.5, 0.6) is 0 Å². The zero-order valence-corrected chi connectivity index (χ0v) is 12.4. The Morgan fingerprint density at radius 3 is 2.45 bits per heavy atom. The van der Waals surface area contributed by atoms with Crippen molar-refractivity contribution in [2.45, 2.75) is 70.8 Å². The van der Waals surface area contributed by atoms with Gasteiger partial charge in [-0.25, -0.2) is 0 Å². The van der Waals surface area contributed by atoms with Gasteiger partial charge in [-0.2, -0.15) is 0 Å². The lowest BCUT2D eigenvalue weighted by Crippen LogP contribution is -2.37. The monoisotopic (exact) mass is 281 g/mol. The summed E-state index contributed by atoms with van der Waals surface area (Å²) in [6, 6.07) is 0.0670. The smallest absolute Gasteiger partial charge is 0.306 e. The number of carbonyl (C=O) groups excluding carboxylic acids is 1. The highest BCUT2D eigenvalue weighted by molar-refractivity contribution is 5.79. The van der Waals surface area contributed by atoms with Gasteiger partial charge in [0.2, 0.25) is 5.91 Å². The van der Waals surface area contributed by atoms with E-state index in [0.717, 1.165) is 12.8 Å². The summed E-state index contributed by atoms with van der Waals surface area (Å²) in [5.74, 6) is -0.112.